The van der Waals surface area contributed by atoms with Crippen LogP contribution in [0.5, 0.6) is 0 Å². The van der Waals surface area contributed by atoms with Gasteiger partial charge >= 0.3 is 0 Å². The molecule has 0 aromatic heterocycles. The van der Waals surface area contributed by atoms with Crippen LogP contribution in [0.4, 0.5) is 0 Å². The topological polar surface area (TPSA) is 35.5 Å². The quantitative estimate of drug-likeness (QED) is 0.444. The standard InChI is InChI=1S/C32H26O3/c33-28-21-34-20-26-25-14-7-8-15-27(25)32-22-30(23-10-3-1-4-11-23,24-12-5-2-6-13-24)17-18-31(32,29(26)28)16-9-19-35-32/h1-18,20,29H,19,21-22H2. The molecule has 0 amide bonds. The van der Waals surface area contributed by atoms with Crippen LogP contribution < -0.4 is 0 Å². The fraction of sp³-hybridized carbons (Fsp3) is 0.219. The minimum absolute atomic E-state index is 0.0956. The van der Waals surface area contributed by atoms with Gasteiger partial charge in [0.15, 0.2) is 5.78 Å². The molecule has 0 bridgehead atoms. The van der Waals surface area contributed by atoms with Gasteiger partial charge in [0, 0.05) is 11.0 Å². The summed E-state index contributed by atoms with van der Waals surface area (Å²) in [5.74, 6) is -0.239. The molecule has 3 nitrogen and oxygen atoms in total. The van der Waals surface area contributed by atoms with Crippen LogP contribution in [0.2, 0.25) is 0 Å². The summed E-state index contributed by atoms with van der Waals surface area (Å²) in [6.45, 7) is 0.610. The lowest BCUT2D eigenvalue weighted by Crippen LogP contribution is -2.62. The van der Waals surface area contributed by atoms with Gasteiger partial charge < -0.3 is 9.47 Å². The maximum atomic E-state index is 13.6. The van der Waals surface area contributed by atoms with Crippen LogP contribution in [0.15, 0.2) is 115 Å². The second kappa shape index (κ2) is 7.40. The van der Waals surface area contributed by atoms with Gasteiger partial charge in [0.05, 0.1) is 24.2 Å². The monoisotopic (exact) mass is 458 g/mol. The van der Waals surface area contributed by atoms with Crippen molar-refractivity contribution in [3.63, 3.8) is 0 Å². The van der Waals surface area contributed by atoms with Gasteiger partial charge in [-0.3, -0.25) is 4.79 Å². The van der Waals surface area contributed by atoms with E-state index >= 15 is 0 Å². The van der Waals surface area contributed by atoms with Crippen molar-refractivity contribution in [3.05, 3.63) is 138 Å². The van der Waals surface area contributed by atoms with Gasteiger partial charge in [-0.1, -0.05) is 109 Å². The van der Waals surface area contributed by atoms with Crippen molar-refractivity contribution in [2.45, 2.75) is 17.4 Å². The van der Waals surface area contributed by atoms with Crippen molar-refractivity contribution in [1.82, 2.24) is 0 Å². The van der Waals surface area contributed by atoms with E-state index in [1.807, 2.05) is 6.07 Å². The molecule has 0 spiro atoms. The van der Waals surface area contributed by atoms with Crippen molar-refractivity contribution >= 4 is 11.4 Å². The van der Waals surface area contributed by atoms with E-state index in [-0.39, 0.29) is 18.3 Å². The molecule has 4 aliphatic rings. The number of hydrogen-bond acceptors (Lipinski definition) is 3. The van der Waals surface area contributed by atoms with E-state index in [2.05, 4.69) is 103 Å². The molecule has 0 saturated heterocycles. The Kier molecular flexibility index (Phi) is 4.37. The molecule has 2 aliphatic carbocycles. The normalized spacial score (nSPS) is 29.7. The second-order valence-corrected chi connectivity index (χ2v) is 10.0. The summed E-state index contributed by atoms with van der Waals surface area (Å²) in [5, 5.41) is 0. The first-order chi connectivity index (χ1) is 17.2. The van der Waals surface area contributed by atoms with Gasteiger partial charge in [-0.05, 0) is 28.7 Å². The van der Waals surface area contributed by atoms with Crippen molar-refractivity contribution in [2.24, 2.45) is 11.3 Å². The molecular formula is C32H26O3. The number of carbonyl (C=O) groups excluding carboxylic acids is 1. The van der Waals surface area contributed by atoms with E-state index in [1.54, 1.807) is 6.26 Å². The molecule has 3 heteroatoms. The maximum Gasteiger partial charge on any atom is 0.179 e. The molecule has 3 unspecified atom stereocenters. The molecule has 35 heavy (non-hydrogen) atoms. The summed E-state index contributed by atoms with van der Waals surface area (Å²) in [4.78, 5) is 13.6. The van der Waals surface area contributed by atoms with Crippen LogP contribution in [-0.4, -0.2) is 19.0 Å². The minimum atomic E-state index is -0.701. The summed E-state index contributed by atoms with van der Waals surface area (Å²) < 4.78 is 12.6. The van der Waals surface area contributed by atoms with Crippen LogP contribution in [0.25, 0.3) is 5.57 Å². The molecule has 7 rings (SSSR count). The molecule has 2 aliphatic heterocycles. The maximum absolute atomic E-state index is 13.6. The number of fused-ring (bicyclic) bond motifs is 3. The summed E-state index contributed by atoms with van der Waals surface area (Å²) >= 11 is 0. The van der Waals surface area contributed by atoms with Crippen LogP contribution in [0.1, 0.15) is 28.7 Å². The van der Waals surface area contributed by atoms with Crippen LogP contribution in [0.3, 0.4) is 0 Å². The van der Waals surface area contributed by atoms with Crippen LogP contribution >= 0.6 is 0 Å². The molecule has 3 aromatic carbocycles. The SMILES string of the molecule is O=C1COC=C2c3ccccc3C34CC(c5ccccc5)(c5ccccc5)C=CC3(C=CCO4)C12. The van der Waals surface area contributed by atoms with Gasteiger partial charge in [0.25, 0.3) is 0 Å². The molecular weight excluding hydrogens is 432 g/mol. The highest BCUT2D eigenvalue weighted by Gasteiger charge is 2.66. The number of ether oxygens (including phenoxy) is 2. The number of ketones is 1. The number of hydrogen-bond donors (Lipinski definition) is 0. The third-order valence-electron chi connectivity index (χ3n) is 8.49. The van der Waals surface area contributed by atoms with E-state index in [9.17, 15) is 4.79 Å². The predicted molar refractivity (Wildman–Crippen MR) is 135 cm³/mol. The first kappa shape index (κ1) is 20.7. The molecule has 2 heterocycles. The fourth-order valence-corrected chi connectivity index (χ4v) is 7.05. The van der Waals surface area contributed by atoms with Gasteiger partial charge in [-0.25, -0.2) is 0 Å². The number of rotatable bonds is 2. The third kappa shape index (κ3) is 2.62. The zero-order chi connectivity index (χ0) is 23.5. The Hall–Kier alpha value is -3.69. The van der Waals surface area contributed by atoms with Gasteiger partial charge in [-0.2, -0.15) is 0 Å². The van der Waals surface area contributed by atoms with Crippen molar-refractivity contribution in [1.29, 1.82) is 0 Å². The highest BCUT2D eigenvalue weighted by molar-refractivity contribution is 5.99. The van der Waals surface area contributed by atoms with Crippen molar-refractivity contribution < 1.29 is 14.3 Å². The average molecular weight is 459 g/mol. The summed E-state index contributed by atoms with van der Waals surface area (Å²) in [5.41, 5.74) is 3.88. The highest BCUT2D eigenvalue weighted by atomic mass is 16.5. The molecule has 0 saturated carbocycles. The Morgan fingerprint density at radius 1 is 0.771 bits per heavy atom. The molecule has 0 fully saturated rings. The first-order valence-electron chi connectivity index (χ1n) is 12.3. The van der Waals surface area contributed by atoms with Gasteiger partial charge in [0.1, 0.15) is 12.2 Å². The number of carbonyl (C=O) groups is 1. The average Bonchev–Trinajstić information content (AvgIpc) is 2.93. The number of Topliss-reactive ketones (excluding diaryl/α,β-unsaturated/α-hetero) is 1. The Morgan fingerprint density at radius 3 is 2.20 bits per heavy atom. The van der Waals surface area contributed by atoms with Gasteiger partial charge in [-0.15, -0.1) is 0 Å². The Bertz CT molecular complexity index is 1360. The number of allylic oxidation sites excluding steroid dienone is 2. The number of benzene rings is 3. The summed E-state index contributed by atoms with van der Waals surface area (Å²) in [6, 6.07) is 29.8. The largest absolute Gasteiger partial charge is 0.493 e. The van der Waals surface area contributed by atoms with Crippen LogP contribution in [-0.2, 0) is 25.3 Å². The van der Waals surface area contributed by atoms with E-state index in [1.165, 1.54) is 11.1 Å². The zero-order valence-electron chi connectivity index (χ0n) is 19.4. The predicted octanol–water partition coefficient (Wildman–Crippen LogP) is 5.97. The summed E-state index contributed by atoms with van der Waals surface area (Å²) in [7, 11) is 0. The lowest BCUT2D eigenvalue weighted by Gasteiger charge is -2.61. The Morgan fingerprint density at radius 2 is 1.46 bits per heavy atom. The highest BCUT2D eigenvalue weighted by Crippen LogP contribution is 2.67. The van der Waals surface area contributed by atoms with Crippen molar-refractivity contribution in [3.8, 4) is 0 Å². The molecule has 3 atom stereocenters. The molecule has 172 valence electrons. The fourth-order valence-electron chi connectivity index (χ4n) is 7.05. The minimum Gasteiger partial charge on any atom is -0.493 e. The molecule has 0 N–H and O–H groups in total. The molecule has 0 radical (unpaired) electrons. The lowest BCUT2D eigenvalue weighted by atomic mass is 9.45. The molecule has 3 aromatic rings. The first-order valence-corrected chi connectivity index (χ1v) is 12.3. The van der Waals surface area contributed by atoms with E-state index in [0.29, 0.717) is 13.0 Å². The smallest absolute Gasteiger partial charge is 0.179 e. The zero-order valence-corrected chi connectivity index (χ0v) is 19.4. The van der Waals surface area contributed by atoms with Crippen LogP contribution in [0, 0.1) is 11.3 Å². The van der Waals surface area contributed by atoms with Crippen molar-refractivity contribution in [2.75, 3.05) is 13.2 Å². The Balaban J connectivity index is 1.58. The second-order valence-electron chi connectivity index (χ2n) is 10.0. The van der Waals surface area contributed by atoms with E-state index in [4.69, 9.17) is 9.47 Å². The van der Waals surface area contributed by atoms with Gasteiger partial charge in [0.2, 0.25) is 0 Å². The lowest BCUT2D eigenvalue weighted by molar-refractivity contribution is -0.156. The Labute approximate surface area is 205 Å². The summed E-state index contributed by atoms with van der Waals surface area (Å²) in [6.07, 6.45) is 11.4. The van der Waals surface area contributed by atoms with E-state index in [0.717, 1.165) is 16.7 Å². The third-order valence-corrected chi connectivity index (χ3v) is 8.49. The van der Waals surface area contributed by atoms with E-state index < -0.39 is 16.4 Å².